The smallest absolute Gasteiger partial charge is 0.115 e. The summed E-state index contributed by atoms with van der Waals surface area (Å²) < 4.78 is 1.07. The number of hydrogen-bond donors (Lipinski definition) is 1. The molecule has 1 fully saturated rings. The molecule has 1 aromatic carbocycles. The van der Waals surface area contributed by atoms with Gasteiger partial charge in [-0.3, -0.25) is 4.90 Å². The number of aromatic hydroxyl groups is 1. The maximum atomic E-state index is 9.51. The molecule has 94 valence electrons. The lowest BCUT2D eigenvalue weighted by molar-refractivity contribution is 0.0998. The molecule has 0 radical (unpaired) electrons. The molecule has 0 aliphatic carbocycles. The highest BCUT2D eigenvalue weighted by molar-refractivity contribution is 9.10. The second-order valence-corrected chi connectivity index (χ2v) is 5.69. The fraction of sp³-hybridized carbons (Fsp3) is 0.538. The molecule has 1 unspecified atom stereocenters. The van der Waals surface area contributed by atoms with E-state index in [1.807, 2.05) is 12.1 Å². The maximum absolute atomic E-state index is 9.51. The molecule has 2 rings (SSSR count). The number of likely N-dealkylation sites (N-methyl/N-ethyl adjacent to an activating group) is 1. The van der Waals surface area contributed by atoms with Gasteiger partial charge in [0.2, 0.25) is 0 Å². The molecule has 1 aliphatic rings. The highest BCUT2D eigenvalue weighted by Crippen LogP contribution is 2.23. The molecular weight excluding hydrogens is 280 g/mol. The van der Waals surface area contributed by atoms with Crippen molar-refractivity contribution in [2.24, 2.45) is 0 Å². The number of phenols is 1. The molecule has 1 heterocycles. The minimum absolute atomic E-state index is 0.338. The minimum Gasteiger partial charge on any atom is -0.508 e. The topological polar surface area (TPSA) is 26.7 Å². The fourth-order valence-electron chi connectivity index (χ4n) is 2.19. The molecule has 3 nitrogen and oxygen atoms in total. The van der Waals surface area contributed by atoms with Gasteiger partial charge in [-0.1, -0.05) is 15.9 Å². The number of rotatable bonds is 2. The lowest BCUT2D eigenvalue weighted by atomic mass is 10.1. The molecule has 1 aromatic rings. The first-order chi connectivity index (χ1) is 8.06. The number of halogens is 1. The van der Waals surface area contributed by atoms with Gasteiger partial charge in [0.25, 0.3) is 0 Å². The van der Waals surface area contributed by atoms with E-state index in [0.29, 0.717) is 11.8 Å². The van der Waals surface area contributed by atoms with Gasteiger partial charge in [0.05, 0.1) is 0 Å². The van der Waals surface area contributed by atoms with Crippen LogP contribution < -0.4 is 0 Å². The first kappa shape index (κ1) is 12.9. The van der Waals surface area contributed by atoms with Crippen molar-refractivity contribution in [3.63, 3.8) is 0 Å². The first-order valence-corrected chi connectivity index (χ1v) is 6.75. The van der Waals surface area contributed by atoms with Gasteiger partial charge in [-0.2, -0.15) is 0 Å². The third-order valence-electron chi connectivity index (χ3n) is 3.47. The van der Waals surface area contributed by atoms with Crippen LogP contribution in [0.4, 0.5) is 0 Å². The van der Waals surface area contributed by atoms with Crippen LogP contribution in [0.5, 0.6) is 5.75 Å². The molecule has 0 bridgehead atoms. The molecule has 17 heavy (non-hydrogen) atoms. The third-order valence-corrected chi connectivity index (χ3v) is 4.24. The number of phenolic OH excluding ortho intramolecular Hbond substituents is 1. The third kappa shape index (κ3) is 3.21. The predicted molar refractivity (Wildman–Crippen MR) is 73.2 cm³/mol. The monoisotopic (exact) mass is 298 g/mol. The Labute approximate surface area is 111 Å². The summed E-state index contributed by atoms with van der Waals surface area (Å²) in [5, 5.41) is 9.51. The summed E-state index contributed by atoms with van der Waals surface area (Å²) in [6, 6.07) is 6.05. The van der Waals surface area contributed by atoms with Crippen molar-refractivity contribution >= 4 is 15.9 Å². The van der Waals surface area contributed by atoms with Crippen molar-refractivity contribution < 1.29 is 5.11 Å². The van der Waals surface area contributed by atoms with Crippen molar-refractivity contribution in [2.45, 2.75) is 19.5 Å². The van der Waals surface area contributed by atoms with Crippen LogP contribution in [-0.2, 0) is 6.54 Å². The van der Waals surface area contributed by atoms with E-state index in [0.717, 1.165) is 36.2 Å². The van der Waals surface area contributed by atoms with Crippen molar-refractivity contribution in [3.8, 4) is 5.75 Å². The van der Waals surface area contributed by atoms with Crippen molar-refractivity contribution in [1.29, 1.82) is 0 Å². The Balaban J connectivity index is 2.03. The van der Waals surface area contributed by atoms with Crippen molar-refractivity contribution in [2.75, 3.05) is 26.7 Å². The fourth-order valence-corrected chi connectivity index (χ4v) is 2.56. The van der Waals surface area contributed by atoms with Gasteiger partial charge in [-0.05, 0) is 37.7 Å². The van der Waals surface area contributed by atoms with Gasteiger partial charge >= 0.3 is 0 Å². The van der Waals surface area contributed by atoms with E-state index in [-0.39, 0.29) is 0 Å². The molecule has 0 saturated carbocycles. The molecule has 1 saturated heterocycles. The Bertz CT molecular complexity index is 397. The van der Waals surface area contributed by atoms with Gasteiger partial charge in [-0.15, -0.1) is 0 Å². The number of piperazine rings is 1. The van der Waals surface area contributed by atoms with E-state index in [1.54, 1.807) is 6.07 Å². The Kier molecular flexibility index (Phi) is 4.07. The van der Waals surface area contributed by atoms with Gasteiger partial charge in [0, 0.05) is 36.7 Å². The lowest BCUT2D eigenvalue weighted by Gasteiger charge is -2.37. The Morgan fingerprint density at radius 1 is 1.41 bits per heavy atom. The predicted octanol–water partition coefficient (Wildman–Crippen LogP) is 2.29. The van der Waals surface area contributed by atoms with E-state index < -0.39 is 0 Å². The van der Waals surface area contributed by atoms with Gasteiger partial charge in [0.1, 0.15) is 5.75 Å². The van der Waals surface area contributed by atoms with Gasteiger partial charge in [-0.25, -0.2) is 0 Å². The Morgan fingerprint density at radius 2 is 2.18 bits per heavy atom. The van der Waals surface area contributed by atoms with E-state index in [9.17, 15) is 5.11 Å². The van der Waals surface area contributed by atoms with Crippen LogP contribution in [-0.4, -0.2) is 47.6 Å². The summed E-state index contributed by atoms with van der Waals surface area (Å²) in [5.74, 6) is 0.338. The van der Waals surface area contributed by atoms with E-state index in [4.69, 9.17) is 0 Å². The highest BCUT2D eigenvalue weighted by Gasteiger charge is 2.21. The van der Waals surface area contributed by atoms with Crippen LogP contribution in [0.15, 0.2) is 22.7 Å². The zero-order valence-corrected chi connectivity index (χ0v) is 11.9. The minimum atomic E-state index is 0.338. The van der Waals surface area contributed by atoms with Crippen LogP contribution in [0.1, 0.15) is 12.5 Å². The molecule has 1 aliphatic heterocycles. The summed E-state index contributed by atoms with van der Waals surface area (Å²) in [6.45, 7) is 6.43. The van der Waals surface area contributed by atoms with Crippen LogP contribution in [0.25, 0.3) is 0 Å². The Hall–Kier alpha value is -0.580. The first-order valence-electron chi connectivity index (χ1n) is 5.96. The normalized spacial score (nSPS) is 22.9. The van der Waals surface area contributed by atoms with Gasteiger partial charge < -0.3 is 10.0 Å². The molecule has 0 amide bonds. The zero-order chi connectivity index (χ0) is 12.4. The number of hydrogen-bond acceptors (Lipinski definition) is 3. The summed E-state index contributed by atoms with van der Waals surface area (Å²) >= 11 is 3.54. The molecule has 1 N–H and O–H groups in total. The van der Waals surface area contributed by atoms with Gasteiger partial charge in [0.15, 0.2) is 0 Å². The van der Waals surface area contributed by atoms with Crippen molar-refractivity contribution in [3.05, 3.63) is 28.2 Å². The van der Waals surface area contributed by atoms with Crippen LogP contribution in [0.2, 0.25) is 0 Å². The van der Waals surface area contributed by atoms with Crippen molar-refractivity contribution in [1.82, 2.24) is 9.80 Å². The number of benzene rings is 1. The highest BCUT2D eigenvalue weighted by atomic mass is 79.9. The second kappa shape index (κ2) is 5.38. The molecule has 1 atom stereocenters. The molecular formula is C13H19BrN2O. The second-order valence-electron chi connectivity index (χ2n) is 4.84. The lowest BCUT2D eigenvalue weighted by Crippen LogP contribution is -2.49. The SMILES string of the molecule is CC1CN(Cc2cc(O)ccc2Br)CCN1C. The standard InChI is InChI=1S/C13H19BrN2O/c1-10-8-16(6-5-15(10)2)9-11-7-12(17)3-4-13(11)14/h3-4,7,10,17H,5-6,8-9H2,1-2H3. The quantitative estimate of drug-likeness (QED) is 0.907. The van der Waals surface area contributed by atoms with E-state index >= 15 is 0 Å². The van der Waals surface area contributed by atoms with Crippen LogP contribution in [0.3, 0.4) is 0 Å². The zero-order valence-electron chi connectivity index (χ0n) is 10.4. The molecule has 4 heteroatoms. The Morgan fingerprint density at radius 3 is 2.88 bits per heavy atom. The van der Waals surface area contributed by atoms with E-state index in [1.165, 1.54) is 0 Å². The number of nitrogens with zero attached hydrogens (tertiary/aromatic N) is 2. The summed E-state index contributed by atoms with van der Waals surface area (Å²) in [7, 11) is 2.17. The van der Waals surface area contributed by atoms with Crippen LogP contribution >= 0.6 is 15.9 Å². The summed E-state index contributed by atoms with van der Waals surface area (Å²) in [4.78, 5) is 4.82. The van der Waals surface area contributed by atoms with E-state index in [2.05, 4.69) is 39.7 Å². The average Bonchev–Trinajstić information content (AvgIpc) is 2.29. The maximum Gasteiger partial charge on any atom is 0.115 e. The largest absolute Gasteiger partial charge is 0.508 e. The molecule has 0 aromatic heterocycles. The average molecular weight is 299 g/mol. The van der Waals surface area contributed by atoms with Crippen LogP contribution in [0, 0.1) is 0 Å². The summed E-state index contributed by atoms with van der Waals surface area (Å²) in [6.07, 6.45) is 0. The molecule has 0 spiro atoms. The summed E-state index contributed by atoms with van der Waals surface area (Å²) in [5.41, 5.74) is 1.15.